The summed E-state index contributed by atoms with van der Waals surface area (Å²) in [6.45, 7) is 2.07. The van der Waals surface area contributed by atoms with Gasteiger partial charge in [-0.1, -0.05) is 18.2 Å². The quantitative estimate of drug-likeness (QED) is 0.904. The number of anilines is 2. The van der Waals surface area contributed by atoms with Crippen molar-refractivity contribution in [3.63, 3.8) is 0 Å². The predicted octanol–water partition coefficient (Wildman–Crippen LogP) is 3.23. The highest BCUT2D eigenvalue weighted by Crippen LogP contribution is 2.25. The molecule has 0 saturated carbocycles. The number of benzene rings is 1. The van der Waals surface area contributed by atoms with Gasteiger partial charge in [0.05, 0.1) is 4.47 Å². The second kappa shape index (κ2) is 4.06. The molecule has 1 N–H and O–H groups in total. The highest BCUT2D eigenvalue weighted by molar-refractivity contribution is 9.10. The maximum Gasteiger partial charge on any atom is 0.166 e. The monoisotopic (exact) mass is 265 g/mol. The zero-order valence-corrected chi connectivity index (χ0v) is 10.2. The third-order valence-corrected chi connectivity index (χ3v) is 2.76. The van der Waals surface area contributed by atoms with Gasteiger partial charge in [-0.3, -0.25) is 4.68 Å². The molecule has 1 aromatic carbocycles. The Morgan fingerprint density at radius 3 is 2.67 bits per heavy atom. The first-order valence-corrected chi connectivity index (χ1v) is 5.48. The first-order chi connectivity index (χ1) is 7.16. The number of aryl methyl sites for hydroxylation is 2. The Morgan fingerprint density at radius 1 is 1.33 bits per heavy atom. The second-order valence-electron chi connectivity index (χ2n) is 3.44. The van der Waals surface area contributed by atoms with Crippen molar-refractivity contribution < 1.29 is 0 Å². The van der Waals surface area contributed by atoms with Crippen molar-refractivity contribution in [1.29, 1.82) is 0 Å². The van der Waals surface area contributed by atoms with E-state index in [0.717, 1.165) is 16.0 Å². The van der Waals surface area contributed by atoms with Gasteiger partial charge >= 0.3 is 0 Å². The Balaban J connectivity index is 2.29. The van der Waals surface area contributed by atoms with Gasteiger partial charge in [-0.25, -0.2) is 0 Å². The summed E-state index contributed by atoms with van der Waals surface area (Å²) < 4.78 is 2.73. The number of rotatable bonds is 2. The van der Waals surface area contributed by atoms with Gasteiger partial charge in [-0.15, -0.1) is 0 Å². The van der Waals surface area contributed by atoms with Crippen LogP contribution in [0.3, 0.4) is 0 Å². The molecule has 78 valence electrons. The number of nitrogens with zero attached hydrogens (tertiary/aromatic N) is 2. The molecule has 0 amide bonds. The van der Waals surface area contributed by atoms with Crippen LogP contribution in [0.1, 0.15) is 5.56 Å². The van der Waals surface area contributed by atoms with E-state index in [-0.39, 0.29) is 0 Å². The van der Waals surface area contributed by atoms with Crippen LogP contribution in [0.5, 0.6) is 0 Å². The lowest BCUT2D eigenvalue weighted by Crippen LogP contribution is -1.95. The summed E-state index contributed by atoms with van der Waals surface area (Å²) >= 11 is 3.45. The van der Waals surface area contributed by atoms with Gasteiger partial charge in [-0.05, 0) is 34.5 Å². The van der Waals surface area contributed by atoms with Crippen LogP contribution in [0.15, 0.2) is 34.9 Å². The first kappa shape index (κ1) is 10.2. The molecule has 0 atom stereocenters. The van der Waals surface area contributed by atoms with E-state index in [1.807, 2.05) is 31.4 Å². The molecule has 3 nitrogen and oxygen atoms in total. The lowest BCUT2D eigenvalue weighted by atomic mass is 10.2. The van der Waals surface area contributed by atoms with E-state index in [9.17, 15) is 0 Å². The largest absolute Gasteiger partial charge is 0.338 e. The number of para-hydroxylation sites is 1. The summed E-state index contributed by atoms with van der Waals surface area (Å²) in [7, 11) is 1.90. The highest BCUT2D eigenvalue weighted by Gasteiger charge is 2.05. The molecule has 2 rings (SSSR count). The Labute approximate surface area is 97.2 Å². The predicted molar refractivity (Wildman–Crippen MR) is 65.4 cm³/mol. The van der Waals surface area contributed by atoms with Crippen LogP contribution in [0.4, 0.5) is 11.5 Å². The Bertz CT molecular complexity index is 476. The summed E-state index contributed by atoms with van der Waals surface area (Å²) in [6.07, 6.45) is 1.92. The van der Waals surface area contributed by atoms with E-state index in [1.165, 1.54) is 5.56 Å². The summed E-state index contributed by atoms with van der Waals surface area (Å²) in [5.41, 5.74) is 2.28. The topological polar surface area (TPSA) is 29.9 Å². The fourth-order valence-corrected chi connectivity index (χ4v) is 1.86. The third-order valence-electron chi connectivity index (χ3n) is 2.18. The van der Waals surface area contributed by atoms with E-state index < -0.39 is 0 Å². The van der Waals surface area contributed by atoms with E-state index in [1.54, 1.807) is 4.68 Å². The van der Waals surface area contributed by atoms with Crippen LogP contribution < -0.4 is 5.32 Å². The van der Waals surface area contributed by atoms with Gasteiger partial charge in [0.2, 0.25) is 0 Å². The van der Waals surface area contributed by atoms with E-state index in [4.69, 9.17) is 0 Å². The third kappa shape index (κ3) is 2.21. The van der Waals surface area contributed by atoms with Crippen LogP contribution in [-0.2, 0) is 7.05 Å². The van der Waals surface area contributed by atoms with Crippen LogP contribution in [0, 0.1) is 6.92 Å². The summed E-state index contributed by atoms with van der Waals surface area (Å²) in [6, 6.07) is 8.13. The molecule has 1 heterocycles. The molecule has 0 aliphatic carbocycles. The normalized spacial score (nSPS) is 10.3. The maximum absolute atomic E-state index is 4.31. The van der Waals surface area contributed by atoms with Gasteiger partial charge in [0.25, 0.3) is 0 Å². The minimum atomic E-state index is 0.840. The molecule has 0 spiro atoms. The molecule has 1 aromatic heterocycles. The molecule has 0 fully saturated rings. The van der Waals surface area contributed by atoms with Crippen molar-refractivity contribution in [2.24, 2.45) is 7.05 Å². The number of nitrogens with one attached hydrogen (secondary N) is 1. The number of hydrogen-bond acceptors (Lipinski definition) is 2. The molecular weight excluding hydrogens is 254 g/mol. The molecule has 0 aliphatic rings. The Kier molecular flexibility index (Phi) is 2.77. The fraction of sp³-hybridized carbons (Fsp3) is 0.182. The molecule has 0 aliphatic heterocycles. The average molecular weight is 266 g/mol. The zero-order chi connectivity index (χ0) is 10.8. The molecule has 15 heavy (non-hydrogen) atoms. The summed E-state index contributed by atoms with van der Waals surface area (Å²) in [5, 5.41) is 7.59. The summed E-state index contributed by atoms with van der Waals surface area (Å²) in [4.78, 5) is 0. The highest BCUT2D eigenvalue weighted by atomic mass is 79.9. The minimum absolute atomic E-state index is 0.840. The molecule has 0 radical (unpaired) electrons. The van der Waals surface area contributed by atoms with Crippen molar-refractivity contribution >= 4 is 27.4 Å². The van der Waals surface area contributed by atoms with E-state index in [2.05, 4.69) is 39.3 Å². The average Bonchev–Trinajstić information content (AvgIpc) is 2.49. The van der Waals surface area contributed by atoms with Gasteiger partial charge < -0.3 is 5.32 Å². The van der Waals surface area contributed by atoms with Gasteiger partial charge in [-0.2, -0.15) is 5.10 Å². The van der Waals surface area contributed by atoms with E-state index >= 15 is 0 Å². The molecule has 0 saturated heterocycles. The molecule has 0 bridgehead atoms. The minimum Gasteiger partial charge on any atom is -0.338 e. The second-order valence-corrected chi connectivity index (χ2v) is 4.29. The molecule has 2 aromatic rings. The number of aromatic nitrogens is 2. The van der Waals surface area contributed by atoms with Gasteiger partial charge in [0.1, 0.15) is 0 Å². The van der Waals surface area contributed by atoms with Crippen molar-refractivity contribution in [3.05, 3.63) is 40.5 Å². The van der Waals surface area contributed by atoms with E-state index in [0.29, 0.717) is 0 Å². The van der Waals surface area contributed by atoms with Gasteiger partial charge in [0, 0.05) is 18.9 Å². The Morgan fingerprint density at radius 2 is 2.07 bits per heavy atom. The van der Waals surface area contributed by atoms with Crippen LogP contribution >= 0.6 is 15.9 Å². The van der Waals surface area contributed by atoms with Crippen molar-refractivity contribution in [1.82, 2.24) is 9.78 Å². The molecular formula is C11H12BrN3. The van der Waals surface area contributed by atoms with Crippen molar-refractivity contribution in [2.45, 2.75) is 6.92 Å². The SMILES string of the molecule is Cc1ccccc1Nc1nn(C)cc1Br. The lowest BCUT2D eigenvalue weighted by Gasteiger charge is -2.06. The van der Waals surface area contributed by atoms with Crippen molar-refractivity contribution in [2.75, 3.05) is 5.32 Å². The molecule has 4 heteroatoms. The Hall–Kier alpha value is -1.29. The smallest absolute Gasteiger partial charge is 0.166 e. The van der Waals surface area contributed by atoms with Crippen LogP contribution in [0.2, 0.25) is 0 Å². The first-order valence-electron chi connectivity index (χ1n) is 4.68. The zero-order valence-electron chi connectivity index (χ0n) is 8.66. The number of halogens is 1. The molecule has 0 unspecified atom stereocenters. The van der Waals surface area contributed by atoms with Crippen molar-refractivity contribution in [3.8, 4) is 0 Å². The lowest BCUT2D eigenvalue weighted by molar-refractivity contribution is 0.771. The summed E-state index contributed by atoms with van der Waals surface area (Å²) in [5.74, 6) is 0.840. The standard InChI is InChI=1S/C11H12BrN3/c1-8-5-3-4-6-10(8)13-11-9(12)7-15(2)14-11/h3-7H,1-2H3,(H,13,14). The maximum atomic E-state index is 4.31. The fourth-order valence-electron chi connectivity index (χ4n) is 1.38. The van der Waals surface area contributed by atoms with Crippen LogP contribution in [-0.4, -0.2) is 9.78 Å². The van der Waals surface area contributed by atoms with Crippen LogP contribution in [0.25, 0.3) is 0 Å². The number of hydrogen-bond donors (Lipinski definition) is 1. The van der Waals surface area contributed by atoms with Gasteiger partial charge in [0.15, 0.2) is 5.82 Å².